The first-order chi connectivity index (χ1) is 3.93. The molecule has 0 aliphatic heterocycles. The molecule has 1 atom stereocenters. The van der Waals surface area contributed by atoms with Crippen LogP contribution in [0.15, 0.2) is 12.2 Å². The molecule has 0 saturated heterocycles. The van der Waals surface area contributed by atoms with E-state index in [0.29, 0.717) is 0 Å². The highest BCUT2D eigenvalue weighted by Gasteiger charge is 2.07. The van der Waals surface area contributed by atoms with Crippen molar-refractivity contribution in [3.63, 3.8) is 0 Å². The van der Waals surface area contributed by atoms with Gasteiger partial charge < -0.3 is 5.73 Å². The van der Waals surface area contributed by atoms with Gasteiger partial charge in [-0.3, -0.25) is 0 Å². The Kier molecular flexibility index (Phi) is 2.10. The minimum Gasteiger partial charge on any atom is -0.330 e. The Balaban J connectivity index is 1.95. The second-order valence-corrected chi connectivity index (χ2v) is 2.35. The minimum absolute atomic E-state index is 0.852. The highest BCUT2D eigenvalue weighted by atomic mass is 14.5. The normalized spacial score (nSPS) is 25.4. The van der Waals surface area contributed by atoms with Crippen LogP contribution in [0.1, 0.15) is 19.3 Å². The monoisotopic (exact) mass is 111 g/mol. The van der Waals surface area contributed by atoms with Gasteiger partial charge in [-0.1, -0.05) is 12.2 Å². The minimum atomic E-state index is 0.852. The lowest BCUT2D eigenvalue weighted by molar-refractivity contribution is 0.536. The van der Waals surface area contributed by atoms with Crippen LogP contribution in [0.2, 0.25) is 0 Å². The maximum absolute atomic E-state index is 5.33. The topological polar surface area (TPSA) is 26.0 Å². The summed E-state index contributed by atoms with van der Waals surface area (Å²) < 4.78 is 0. The van der Waals surface area contributed by atoms with Crippen molar-refractivity contribution in [2.75, 3.05) is 6.54 Å². The Morgan fingerprint density at radius 2 is 2.38 bits per heavy atom. The van der Waals surface area contributed by atoms with Gasteiger partial charge in [-0.15, -0.1) is 0 Å². The zero-order valence-electron chi connectivity index (χ0n) is 5.14. The molecule has 1 aliphatic carbocycles. The summed E-state index contributed by atoms with van der Waals surface area (Å²) in [5.74, 6) is 0.874. The SMILES string of the molecule is NCCCC1C=CC1. The smallest absolute Gasteiger partial charge is 0.00771 e. The highest BCUT2D eigenvalue weighted by Crippen LogP contribution is 2.20. The molecule has 1 nitrogen and oxygen atoms in total. The summed E-state index contributed by atoms with van der Waals surface area (Å²) in [5, 5.41) is 0. The number of allylic oxidation sites excluding steroid dienone is 2. The molecule has 0 amide bonds. The van der Waals surface area contributed by atoms with Crippen molar-refractivity contribution in [1.82, 2.24) is 0 Å². The van der Waals surface area contributed by atoms with Crippen molar-refractivity contribution in [3.8, 4) is 0 Å². The average molecular weight is 111 g/mol. The van der Waals surface area contributed by atoms with Crippen molar-refractivity contribution in [3.05, 3.63) is 12.2 Å². The first-order valence-electron chi connectivity index (χ1n) is 3.30. The fourth-order valence-corrected chi connectivity index (χ4v) is 0.923. The molecule has 1 heteroatoms. The van der Waals surface area contributed by atoms with Gasteiger partial charge in [0.2, 0.25) is 0 Å². The number of hydrogen-bond donors (Lipinski definition) is 1. The third kappa shape index (κ3) is 1.34. The standard InChI is InChI=1S/C7H13N/c8-6-2-5-7-3-1-4-7/h1,3,7H,2,4-6,8H2. The van der Waals surface area contributed by atoms with Gasteiger partial charge in [-0.2, -0.15) is 0 Å². The fourth-order valence-electron chi connectivity index (χ4n) is 0.923. The van der Waals surface area contributed by atoms with Crippen LogP contribution in [0.5, 0.6) is 0 Å². The van der Waals surface area contributed by atoms with Gasteiger partial charge in [0.05, 0.1) is 0 Å². The van der Waals surface area contributed by atoms with Crippen LogP contribution in [0.3, 0.4) is 0 Å². The predicted octanol–water partition coefficient (Wildman–Crippen LogP) is 1.30. The summed E-state index contributed by atoms with van der Waals surface area (Å²) in [7, 11) is 0. The Morgan fingerprint density at radius 1 is 1.62 bits per heavy atom. The third-order valence-corrected chi connectivity index (χ3v) is 1.63. The second-order valence-electron chi connectivity index (χ2n) is 2.35. The average Bonchev–Trinajstić information content (AvgIpc) is 1.63. The molecule has 0 heterocycles. The summed E-state index contributed by atoms with van der Waals surface area (Å²) in [5.41, 5.74) is 5.33. The molecule has 0 aromatic rings. The van der Waals surface area contributed by atoms with E-state index >= 15 is 0 Å². The second kappa shape index (κ2) is 2.88. The lowest BCUT2D eigenvalue weighted by Gasteiger charge is -2.15. The summed E-state index contributed by atoms with van der Waals surface area (Å²) in [4.78, 5) is 0. The van der Waals surface area contributed by atoms with Crippen molar-refractivity contribution in [1.29, 1.82) is 0 Å². The molecule has 0 aromatic heterocycles. The van der Waals surface area contributed by atoms with Crippen LogP contribution in [0.25, 0.3) is 0 Å². The maximum Gasteiger partial charge on any atom is -0.00771 e. The Hall–Kier alpha value is -0.300. The summed E-state index contributed by atoms with van der Waals surface area (Å²) in [6.45, 7) is 0.852. The largest absolute Gasteiger partial charge is 0.330 e. The van der Waals surface area contributed by atoms with Crippen LogP contribution in [-0.2, 0) is 0 Å². The molecular formula is C7H13N. The summed E-state index contributed by atoms with van der Waals surface area (Å²) in [6.07, 6.45) is 8.28. The van der Waals surface area contributed by atoms with Crippen LogP contribution < -0.4 is 5.73 Å². The molecule has 0 fully saturated rings. The molecule has 0 spiro atoms. The van der Waals surface area contributed by atoms with E-state index in [1.807, 2.05) is 0 Å². The number of hydrogen-bond acceptors (Lipinski definition) is 1. The zero-order chi connectivity index (χ0) is 5.82. The van der Waals surface area contributed by atoms with Crippen LogP contribution in [-0.4, -0.2) is 6.54 Å². The van der Waals surface area contributed by atoms with Crippen LogP contribution in [0, 0.1) is 5.92 Å². The Bertz CT molecular complexity index is 86.4. The molecule has 0 radical (unpaired) electrons. The van der Waals surface area contributed by atoms with Crippen molar-refractivity contribution in [2.24, 2.45) is 11.7 Å². The van der Waals surface area contributed by atoms with Gasteiger partial charge >= 0.3 is 0 Å². The fraction of sp³-hybridized carbons (Fsp3) is 0.714. The van der Waals surface area contributed by atoms with E-state index in [4.69, 9.17) is 5.73 Å². The van der Waals surface area contributed by atoms with Crippen molar-refractivity contribution in [2.45, 2.75) is 19.3 Å². The van der Waals surface area contributed by atoms with Gasteiger partial charge in [0, 0.05) is 0 Å². The third-order valence-electron chi connectivity index (χ3n) is 1.63. The first kappa shape index (κ1) is 5.83. The van der Waals surface area contributed by atoms with Gasteiger partial charge in [-0.25, -0.2) is 0 Å². The van der Waals surface area contributed by atoms with Crippen molar-refractivity contribution < 1.29 is 0 Å². The highest BCUT2D eigenvalue weighted by molar-refractivity contribution is 5.01. The van der Waals surface area contributed by atoms with E-state index in [9.17, 15) is 0 Å². The van der Waals surface area contributed by atoms with E-state index in [1.54, 1.807) is 0 Å². The van der Waals surface area contributed by atoms with Gasteiger partial charge in [0.1, 0.15) is 0 Å². The molecule has 1 unspecified atom stereocenters. The number of rotatable bonds is 3. The quantitative estimate of drug-likeness (QED) is 0.546. The van der Waals surface area contributed by atoms with E-state index in [2.05, 4.69) is 12.2 Å². The van der Waals surface area contributed by atoms with E-state index in [1.165, 1.54) is 19.3 Å². The Morgan fingerprint density at radius 3 is 2.75 bits per heavy atom. The number of nitrogens with two attached hydrogens (primary N) is 1. The van der Waals surface area contributed by atoms with Crippen LogP contribution >= 0.6 is 0 Å². The molecule has 1 aliphatic rings. The van der Waals surface area contributed by atoms with E-state index in [-0.39, 0.29) is 0 Å². The van der Waals surface area contributed by atoms with Gasteiger partial charge in [-0.05, 0) is 31.7 Å². The zero-order valence-corrected chi connectivity index (χ0v) is 5.14. The molecule has 1 rings (SSSR count). The van der Waals surface area contributed by atoms with E-state index < -0.39 is 0 Å². The summed E-state index contributed by atoms with van der Waals surface area (Å²) in [6, 6.07) is 0. The molecular weight excluding hydrogens is 98.1 g/mol. The molecule has 8 heavy (non-hydrogen) atoms. The lowest BCUT2D eigenvalue weighted by atomic mass is 9.91. The maximum atomic E-state index is 5.33. The van der Waals surface area contributed by atoms with Gasteiger partial charge in [0.15, 0.2) is 0 Å². The lowest BCUT2D eigenvalue weighted by Crippen LogP contribution is -2.06. The summed E-state index contributed by atoms with van der Waals surface area (Å²) >= 11 is 0. The molecule has 0 saturated carbocycles. The van der Waals surface area contributed by atoms with E-state index in [0.717, 1.165) is 12.5 Å². The molecule has 46 valence electrons. The van der Waals surface area contributed by atoms with Crippen LogP contribution in [0.4, 0.5) is 0 Å². The first-order valence-corrected chi connectivity index (χ1v) is 3.30. The molecule has 0 bridgehead atoms. The van der Waals surface area contributed by atoms with Gasteiger partial charge in [0.25, 0.3) is 0 Å². The Labute approximate surface area is 50.6 Å². The predicted molar refractivity (Wildman–Crippen MR) is 35.5 cm³/mol. The molecule has 2 N–H and O–H groups in total. The molecule has 0 aromatic carbocycles. The van der Waals surface area contributed by atoms with Crippen molar-refractivity contribution >= 4 is 0 Å².